The van der Waals surface area contributed by atoms with E-state index in [0.717, 1.165) is 5.39 Å². The molecule has 2 aromatic heterocycles. The molecule has 0 radical (unpaired) electrons. The molecular formula is C27H25ClN6O4. The Balaban J connectivity index is 1.39. The number of aromatic nitrogens is 3. The number of carbonyl (C=O) groups excluding carboxylic acids is 2. The van der Waals surface area contributed by atoms with Gasteiger partial charge in [-0.25, -0.2) is 9.97 Å². The topological polar surface area (TPSA) is 138 Å². The van der Waals surface area contributed by atoms with Crippen LogP contribution in [0.1, 0.15) is 28.8 Å². The maximum atomic E-state index is 13.1. The number of fused-ring (bicyclic) bond motifs is 1. The monoisotopic (exact) mass is 532 g/mol. The molecule has 10 nitrogen and oxygen atoms in total. The summed E-state index contributed by atoms with van der Waals surface area (Å²) in [6.45, 7) is 0.167. The van der Waals surface area contributed by atoms with Crippen LogP contribution in [0, 0.1) is 0 Å². The molecule has 0 atom stereocenters. The molecule has 194 valence electrons. The highest BCUT2D eigenvalue weighted by molar-refractivity contribution is 6.34. The molecule has 0 unspecified atom stereocenters. The third-order valence-corrected chi connectivity index (χ3v) is 6.60. The Bertz CT molecular complexity index is 1560. The largest absolute Gasteiger partial charge is 0.495 e. The molecule has 38 heavy (non-hydrogen) atoms. The summed E-state index contributed by atoms with van der Waals surface area (Å²) in [5, 5.41) is 19.6. The first-order chi connectivity index (χ1) is 18.3. The lowest BCUT2D eigenvalue weighted by molar-refractivity contribution is -0.131. The van der Waals surface area contributed by atoms with Gasteiger partial charge in [-0.05, 0) is 54.8 Å². The van der Waals surface area contributed by atoms with E-state index in [1.54, 1.807) is 62.9 Å². The number of nitrogens with zero attached hydrogens (tertiary/aromatic N) is 3. The maximum absolute atomic E-state index is 13.1. The number of ether oxygens (including phenoxy) is 1. The van der Waals surface area contributed by atoms with Gasteiger partial charge in [-0.15, -0.1) is 0 Å². The minimum atomic E-state index is -1.26. The number of pyridine rings is 1. The number of rotatable bonds is 8. The normalized spacial score (nSPS) is 13.6. The van der Waals surface area contributed by atoms with Crippen molar-refractivity contribution in [3.05, 3.63) is 71.0 Å². The zero-order valence-electron chi connectivity index (χ0n) is 20.7. The molecular weight excluding hydrogens is 508 g/mol. The number of carbonyl (C=O) groups is 2. The van der Waals surface area contributed by atoms with Crippen LogP contribution in [0.4, 0.5) is 11.5 Å². The van der Waals surface area contributed by atoms with Crippen LogP contribution in [0.3, 0.4) is 0 Å². The second-order valence-electron chi connectivity index (χ2n) is 8.97. The summed E-state index contributed by atoms with van der Waals surface area (Å²) >= 11 is 6.32. The first-order valence-electron chi connectivity index (χ1n) is 11.9. The molecule has 2 amide bonds. The maximum Gasteiger partial charge on any atom is 0.257 e. The van der Waals surface area contributed by atoms with Gasteiger partial charge in [0.15, 0.2) is 5.82 Å². The van der Waals surface area contributed by atoms with Crippen molar-refractivity contribution in [1.29, 1.82) is 0 Å². The molecule has 1 aliphatic rings. The van der Waals surface area contributed by atoms with Crippen LogP contribution in [-0.2, 0) is 11.3 Å². The number of amides is 2. The Labute approximate surface area is 223 Å². The quantitative estimate of drug-likeness (QED) is 0.269. The molecule has 4 N–H and O–H groups in total. The smallest absolute Gasteiger partial charge is 0.257 e. The number of hydrogen-bond donors (Lipinski definition) is 4. The highest BCUT2D eigenvalue weighted by Gasteiger charge is 2.47. The van der Waals surface area contributed by atoms with E-state index in [2.05, 4.69) is 30.9 Å². The number of nitrogens with one attached hydrogen (secondary N) is 3. The van der Waals surface area contributed by atoms with Crippen LogP contribution in [0.5, 0.6) is 5.75 Å². The third-order valence-electron chi connectivity index (χ3n) is 6.27. The van der Waals surface area contributed by atoms with Crippen LogP contribution < -0.4 is 20.7 Å². The average molecular weight is 533 g/mol. The second kappa shape index (κ2) is 10.2. The number of halogens is 1. The van der Waals surface area contributed by atoms with Crippen LogP contribution >= 0.6 is 11.6 Å². The highest BCUT2D eigenvalue weighted by atomic mass is 35.5. The highest BCUT2D eigenvalue weighted by Crippen LogP contribution is 2.35. The van der Waals surface area contributed by atoms with E-state index in [-0.39, 0.29) is 17.1 Å². The standard InChI is InChI=1S/C27H25ClN6O4/c1-29-24-19-5-4-17(11-22(19)33-23(34-24)16-10-18(38-2)14-30-13-16)32-25(35)20-9-15(3-6-21(20)28)12-31-26(36)27(37)7-8-27/h3-6,9-11,13-14,37H,7-8,12H2,1-2H3,(H,31,36)(H,32,35)(H,29,33,34). The van der Waals surface area contributed by atoms with Crippen LogP contribution in [0.25, 0.3) is 22.3 Å². The summed E-state index contributed by atoms with van der Waals surface area (Å²) in [5.41, 5.74) is 1.48. The van der Waals surface area contributed by atoms with Crippen molar-refractivity contribution in [1.82, 2.24) is 20.3 Å². The molecule has 1 saturated carbocycles. The Morgan fingerprint density at radius 3 is 2.66 bits per heavy atom. The van der Waals surface area contributed by atoms with Gasteiger partial charge in [0.25, 0.3) is 11.8 Å². The molecule has 2 heterocycles. The van der Waals surface area contributed by atoms with Crippen molar-refractivity contribution >= 4 is 45.8 Å². The fourth-order valence-corrected chi connectivity index (χ4v) is 4.13. The van der Waals surface area contributed by atoms with Gasteiger partial charge < -0.3 is 25.8 Å². The van der Waals surface area contributed by atoms with E-state index < -0.39 is 17.4 Å². The lowest BCUT2D eigenvalue weighted by Gasteiger charge is -2.13. The fraction of sp³-hybridized carbons (Fsp3) is 0.222. The average Bonchev–Trinajstić information content (AvgIpc) is 3.69. The van der Waals surface area contributed by atoms with Gasteiger partial charge in [-0.3, -0.25) is 14.6 Å². The van der Waals surface area contributed by atoms with Gasteiger partial charge in [-0.1, -0.05) is 17.7 Å². The lowest BCUT2D eigenvalue weighted by atomic mass is 10.1. The number of hydrogen-bond acceptors (Lipinski definition) is 8. The third kappa shape index (κ3) is 5.22. The minimum Gasteiger partial charge on any atom is -0.495 e. The van der Waals surface area contributed by atoms with E-state index >= 15 is 0 Å². The van der Waals surface area contributed by atoms with Crippen molar-refractivity contribution in [2.75, 3.05) is 24.8 Å². The van der Waals surface area contributed by atoms with Crippen LogP contribution in [-0.4, -0.2) is 51.6 Å². The summed E-state index contributed by atoms with van der Waals surface area (Å²) in [4.78, 5) is 38.6. The Kier molecular flexibility index (Phi) is 6.83. The molecule has 11 heteroatoms. The molecule has 0 bridgehead atoms. The molecule has 0 aliphatic heterocycles. The molecule has 1 aliphatic carbocycles. The first kappa shape index (κ1) is 25.4. The Hall–Kier alpha value is -4.28. The van der Waals surface area contributed by atoms with Crippen molar-refractivity contribution in [2.45, 2.75) is 25.0 Å². The summed E-state index contributed by atoms with van der Waals surface area (Å²) in [6.07, 6.45) is 4.16. The number of methoxy groups -OCH3 is 1. The van der Waals surface area contributed by atoms with Gasteiger partial charge >= 0.3 is 0 Å². The van der Waals surface area contributed by atoms with E-state index in [1.807, 2.05) is 6.07 Å². The van der Waals surface area contributed by atoms with E-state index in [9.17, 15) is 14.7 Å². The van der Waals surface area contributed by atoms with E-state index in [1.165, 1.54) is 0 Å². The molecule has 2 aromatic carbocycles. The SMILES string of the molecule is CNc1nc(-c2cncc(OC)c2)nc2cc(NC(=O)c3cc(CNC(=O)C4(O)CC4)ccc3Cl)ccc12. The molecule has 0 saturated heterocycles. The predicted octanol–water partition coefficient (Wildman–Crippen LogP) is 3.79. The zero-order valence-corrected chi connectivity index (χ0v) is 21.5. The molecule has 0 spiro atoms. The number of aliphatic hydroxyl groups is 1. The predicted molar refractivity (Wildman–Crippen MR) is 144 cm³/mol. The van der Waals surface area contributed by atoms with Crippen molar-refractivity contribution < 1.29 is 19.4 Å². The first-order valence-corrected chi connectivity index (χ1v) is 12.3. The molecule has 4 aromatic rings. The minimum absolute atomic E-state index is 0.167. The van der Waals surface area contributed by atoms with Crippen molar-refractivity contribution in [3.8, 4) is 17.1 Å². The van der Waals surface area contributed by atoms with Crippen molar-refractivity contribution in [2.24, 2.45) is 0 Å². The summed E-state index contributed by atoms with van der Waals surface area (Å²) in [6, 6.07) is 12.1. The Morgan fingerprint density at radius 2 is 1.92 bits per heavy atom. The second-order valence-corrected chi connectivity index (χ2v) is 9.38. The van der Waals surface area contributed by atoms with Crippen molar-refractivity contribution in [3.63, 3.8) is 0 Å². The van der Waals surface area contributed by atoms with Gasteiger partial charge in [0.05, 0.1) is 29.4 Å². The van der Waals surface area contributed by atoms with Gasteiger partial charge in [-0.2, -0.15) is 0 Å². The Morgan fingerprint density at radius 1 is 1.11 bits per heavy atom. The summed E-state index contributed by atoms with van der Waals surface area (Å²) in [7, 11) is 3.33. The van der Waals surface area contributed by atoms with Gasteiger partial charge in [0, 0.05) is 36.4 Å². The van der Waals surface area contributed by atoms with E-state index in [4.69, 9.17) is 16.3 Å². The number of anilines is 2. The number of benzene rings is 2. The van der Waals surface area contributed by atoms with Crippen LogP contribution in [0.15, 0.2) is 54.9 Å². The lowest BCUT2D eigenvalue weighted by Crippen LogP contribution is -2.35. The van der Waals surface area contributed by atoms with Gasteiger partial charge in [0.2, 0.25) is 0 Å². The zero-order chi connectivity index (χ0) is 26.9. The summed E-state index contributed by atoms with van der Waals surface area (Å²) in [5.74, 6) is 0.829. The molecule has 1 fully saturated rings. The molecule has 5 rings (SSSR count). The van der Waals surface area contributed by atoms with Crippen LogP contribution in [0.2, 0.25) is 5.02 Å². The van der Waals surface area contributed by atoms with Gasteiger partial charge in [0.1, 0.15) is 17.2 Å². The fourth-order valence-electron chi connectivity index (χ4n) is 3.93. The van der Waals surface area contributed by atoms with E-state index in [0.29, 0.717) is 52.6 Å². The summed E-state index contributed by atoms with van der Waals surface area (Å²) < 4.78 is 5.26.